The lowest BCUT2D eigenvalue weighted by Crippen LogP contribution is -2.54. The minimum atomic E-state index is -0.125. The van der Waals surface area contributed by atoms with Crippen LogP contribution < -0.4 is 5.32 Å². The second-order valence-corrected chi connectivity index (χ2v) is 8.46. The molecule has 3 heterocycles. The molecule has 3 aliphatic rings. The van der Waals surface area contributed by atoms with Gasteiger partial charge in [-0.15, -0.1) is 0 Å². The summed E-state index contributed by atoms with van der Waals surface area (Å²) in [7, 11) is 0. The number of carbonyl (C=O) groups is 2. The Morgan fingerprint density at radius 2 is 1.64 bits per heavy atom. The lowest BCUT2D eigenvalue weighted by Gasteiger charge is -2.41. The van der Waals surface area contributed by atoms with Crippen molar-refractivity contribution < 1.29 is 14.3 Å². The molecular weight excluding hydrogens is 356 g/mol. The SMILES string of the molecule is CCOC(=O)CN1CCC(CCC(=O)N2CCN(C3CCNCC3)CC2)CC1. The van der Waals surface area contributed by atoms with Crippen molar-refractivity contribution >= 4 is 11.9 Å². The summed E-state index contributed by atoms with van der Waals surface area (Å²) in [6.45, 7) is 10.7. The molecular formula is C21H38N4O3. The summed E-state index contributed by atoms with van der Waals surface area (Å²) < 4.78 is 5.03. The number of esters is 1. The van der Waals surface area contributed by atoms with Gasteiger partial charge in [-0.25, -0.2) is 0 Å². The highest BCUT2D eigenvalue weighted by atomic mass is 16.5. The molecule has 3 aliphatic heterocycles. The first kappa shape index (κ1) is 21.5. The molecule has 0 atom stereocenters. The number of hydrogen-bond donors (Lipinski definition) is 1. The molecule has 160 valence electrons. The molecule has 0 saturated carbocycles. The highest BCUT2D eigenvalue weighted by Crippen LogP contribution is 2.23. The number of carbonyl (C=O) groups excluding carboxylic acids is 2. The predicted octanol–water partition coefficient (Wildman–Crippen LogP) is 0.938. The van der Waals surface area contributed by atoms with Crippen LogP contribution >= 0.6 is 0 Å². The number of ether oxygens (including phenoxy) is 1. The first-order chi connectivity index (χ1) is 13.7. The smallest absolute Gasteiger partial charge is 0.320 e. The van der Waals surface area contributed by atoms with E-state index >= 15 is 0 Å². The van der Waals surface area contributed by atoms with Gasteiger partial charge in [0.05, 0.1) is 13.2 Å². The number of piperazine rings is 1. The van der Waals surface area contributed by atoms with E-state index in [1.54, 1.807) is 0 Å². The van der Waals surface area contributed by atoms with Gasteiger partial charge in [-0.1, -0.05) is 0 Å². The Labute approximate surface area is 169 Å². The van der Waals surface area contributed by atoms with E-state index in [0.29, 0.717) is 37.4 Å². The number of nitrogens with one attached hydrogen (secondary N) is 1. The average molecular weight is 395 g/mol. The first-order valence-electron chi connectivity index (χ1n) is 11.3. The maximum absolute atomic E-state index is 12.6. The molecule has 7 nitrogen and oxygen atoms in total. The molecule has 3 rings (SSSR count). The topological polar surface area (TPSA) is 65.1 Å². The summed E-state index contributed by atoms with van der Waals surface area (Å²) in [6, 6.07) is 0.707. The quantitative estimate of drug-likeness (QED) is 0.649. The fourth-order valence-corrected chi connectivity index (χ4v) is 4.82. The molecule has 1 amide bonds. The Kier molecular flexibility index (Phi) is 8.55. The largest absolute Gasteiger partial charge is 0.465 e. The standard InChI is InChI=1S/C21H38N4O3/c1-2-28-21(27)17-23-11-7-18(8-12-23)3-4-20(26)25-15-13-24(14-16-25)19-5-9-22-10-6-19/h18-19,22H,2-17H2,1H3. The van der Waals surface area contributed by atoms with Crippen molar-refractivity contribution in [2.75, 3.05) is 65.5 Å². The van der Waals surface area contributed by atoms with E-state index in [9.17, 15) is 9.59 Å². The molecule has 0 aromatic carbocycles. The zero-order valence-corrected chi connectivity index (χ0v) is 17.5. The van der Waals surface area contributed by atoms with Gasteiger partial charge in [-0.05, 0) is 71.1 Å². The van der Waals surface area contributed by atoms with Crippen molar-refractivity contribution in [2.45, 2.75) is 51.5 Å². The Balaban J connectivity index is 1.29. The highest BCUT2D eigenvalue weighted by molar-refractivity contribution is 5.76. The summed E-state index contributed by atoms with van der Waals surface area (Å²) >= 11 is 0. The number of nitrogens with zero attached hydrogens (tertiary/aromatic N) is 3. The molecule has 0 unspecified atom stereocenters. The van der Waals surface area contributed by atoms with Crippen LogP contribution in [0, 0.1) is 5.92 Å². The van der Waals surface area contributed by atoms with Crippen molar-refractivity contribution in [1.29, 1.82) is 0 Å². The minimum absolute atomic E-state index is 0.125. The second kappa shape index (κ2) is 11.1. The van der Waals surface area contributed by atoms with E-state index in [2.05, 4.69) is 20.0 Å². The molecule has 0 aromatic heterocycles. The molecule has 3 fully saturated rings. The van der Waals surface area contributed by atoms with Crippen molar-refractivity contribution in [3.8, 4) is 0 Å². The van der Waals surface area contributed by atoms with Gasteiger partial charge in [0.1, 0.15) is 0 Å². The van der Waals surface area contributed by atoms with Crippen LogP contribution in [-0.4, -0.2) is 98.1 Å². The summed E-state index contributed by atoms with van der Waals surface area (Å²) in [4.78, 5) is 31.1. The highest BCUT2D eigenvalue weighted by Gasteiger charge is 2.28. The molecule has 0 bridgehead atoms. The van der Waals surface area contributed by atoms with Gasteiger partial charge in [0.15, 0.2) is 0 Å². The van der Waals surface area contributed by atoms with Crippen LogP contribution in [0.4, 0.5) is 0 Å². The fourth-order valence-electron chi connectivity index (χ4n) is 4.82. The summed E-state index contributed by atoms with van der Waals surface area (Å²) in [6.07, 6.45) is 6.30. The number of rotatable bonds is 7. The van der Waals surface area contributed by atoms with Crippen molar-refractivity contribution in [1.82, 2.24) is 20.0 Å². The van der Waals surface area contributed by atoms with Crippen LogP contribution in [0.1, 0.15) is 45.4 Å². The first-order valence-corrected chi connectivity index (χ1v) is 11.3. The van der Waals surface area contributed by atoms with Crippen LogP contribution in [0.2, 0.25) is 0 Å². The predicted molar refractivity (Wildman–Crippen MR) is 109 cm³/mol. The van der Waals surface area contributed by atoms with Crippen molar-refractivity contribution in [3.63, 3.8) is 0 Å². The zero-order chi connectivity index (χ0) is 19.8. The van der Waals surface area contributed by atoms with Gasteiger partial charge >= 0.3 is 5.97 Å². The molecule has 0 spiro atoms. The fraction of sp³-hybridized carbons (Fsp3) is 0.905. The molecule has 3 saturated heterocycles. The Morgan fingerprint density at radius 1 is 0.964 bits per heavy atom. The second-order valence-electron chi connectivity index (χ2n) is 8.46. The average Bonchev–Trinajstić information content (AvgIpc) is 2.74. The Hall–Kier alpha value is -1.18. The molecule has 1 N–H and O–H groups in total. The van der Waals surface area contributed by atoms with Gasteiger partial charge in [0, 0.05) is 38.6 Å². The molecule has 0 aromatic rings. The zero-order valence-electron chi connectivity index (χ0n) is 17.5. The van der Waals surface area contributed by atoms with E-state index in [4.69, 9.17) is 4.74 Å². The van der Waals surface area contributed by atoms with Crippen molar-refractivity contribution in [3.05, 3.63) is 0 Å². The van der Waals surface area contributed by atoms with Gasteiger partial charge in [-0.2, -0.15) is 0 Å². The van der Waals surface area contributed by atoms with Crippen LogP contribution in [0.15, 0.2) is 0 Å². The van der Waals surface area contributed by atoms with Gasteiger partial charge in [-0.3, -0.25) is 19.4 Å². The summed E-state index contributed by atoms with van der Waals surface area (Å²) in [5.74, 6) is 0.817. The van der Waals surface area contributed by atoms with E-state index < -0.39 is 0 Å². The summed E-state index contributed by atoms with van der Waals surface area (Å²) in [5.41, 5.74) is 0. The molecule has 0 aliphatic carbocycles. The van der Waals surface area contributed by atoms with E-state index in [1.165, 1.54) is 12.8 Å². The Bertz CT molecular complexity index is 494. The van der Waals surface area contributed by atoms with Crippen LogP contribution in [0.3, 0.4) is 0 Å². The van der Waals surface area contributed by atoms with Gasteiger partial charge in [0.2, 0.25) is 5.91 Å². The monoisotopic (exact) mass is 394 g/mol. The minimum Gasteiger partial charge on any atom is -0.465 e. The number of amides is 1. The lowest BCUT2D eigenvalue weighted by atomic mass is 9.92. The van der Waals surface area contributed by atoms with Crippen LogP contribution in [0.5, 0.6) is 0 Å². The number of likely N-dealkylation sites (tertiary alicyclic amines) is 1. The number of hydrogen-bond acceptors (Lipinski definition) is 6. The normalized spacial score (nSPS) is 23.7. The third kappa shape index (κ3) is 6.42. The third-order valence-electron chi connectivity index (χ3n) is 6.62. The third-order valence-corrected chi connectivity index (χ3v) is 6.62. The molecule has 0 radical (unpaired) electrons. The van der Waals surface area contributed by atoms with Gasteiger partial charge in [0.25, 0.3) is 0 Å². The van der Waals surface area contributed by atoms with Crippen LogP contribution in [0.25, 0.3) is 0 Å². The molecule has 28 heavy (non-hydrogen) atoms. The number of piperidine rings is 2. The molecule has 7 heteroatoms. The van der Waals surface area contributed by atoms with Crippen molar-refractivity contribution in [2.24, 2.45) is 5.92 Å². The maximum Gasteiger partial charge on any atom is 0.320 e. The van der Waals surface area contributed by atoms with Gasteiger partial charge < -0.3 is 15.0 Å². The van der Waals surface area contributed by atoms with E-state index in [0.717, 1.165) is 71.6 Å². The Morgan fingerprint density at radius 3 is 2.29 bits per heavy atom. The van der Waals surface area contributed by atoms with E-state index in [1.807, 2.05) is 6.92 Å². The van der Waals surface area contributed by atoms with E-state index in [-0.39, 0.29) is 5.97 Å². The maximum atomic E-state index is 12.6. The van der Waals surface area contributed by atoms with Crippen LogP contribution in [-0.2, 0) is 14.3 Å². The summed E-state index contributed by atoms with van der Waals surface area (Å²) in [5, 5.41) is 3.43. The lowest BCUT2D eigenvalue weighted by molar-refractivity contribution is -0.144.